The lowest BCUT2D eigenvalue weighted by atomic mass is 9.97. The van der Waals surface area contributed by atoms with E-state index < -0.39 is 17.6 Å². The molecule has 0 saturated carbocycles. The van der Waals surface area contributed by atoms with Crippen LogP contribution in [0.5, 0.6) is 5.75 Å². The highest BCUT2D eigenvalue weighted by Gasteiger charge is 2.25. The molecule has 0 spiro atoms. The number of rotatable bonds is 8. The zero-order valence-corrected chi connectivity index (χ0v) is 23.6. The summed E-state index contributed by atoms with van der Waals surface area (Å²) in [6.07, 6.45) is 9.76. The molecule has 0 aliphatic carbocycles. The van der Waals surface area contributed by atoms with E-state index in [2.05, 4.69) is 26.5 Å². The number of terminal acetylenes is 1. The fraction of sp³-hybridized carbons (Fsp3) is 0.233. The number of aliphatic imine (C=N–C) groups is 1. The molecule has 1 aliphatic heterocycles. The highest BCUT2D eigenvalue weighted by atomic mass is 35.5. The lowest BCUT2D eigenvalue weighted by molar-refractivity contribution is -0.146. The first-order valence-corrected chi connectivity index (χ1v) is 13.2. The van der Waals surface area contributed by atoms with Crippen LogP contribution in [0, 0.1) is 24.1 Å². The van der Waals surface area contributed by atoms with E-state index in [1.807, 2.05) is 4.90 Å². The van der Waals surface area contributed by atoms with Crippen LogP contribution in [0.1, 0.15) is 39.1 Å². The van der Waals surface area contributed by atoms with Crippen molar-refractivity contribution in [2.75, 3.05) is 37.9 Å². The molecule has 0 bridgehead atoms. The Balaban J connectivity index is 1.51. The molecular formula is C30H27ClFN5O5. The number of nitrogens with one attached hydrogen (secondary N) is 2. The van der Waals surface area contributed by atoms with Crippen LogP contribution >= 0.6 is 11.6 Å². The lowest BCUT2D eigenvalue weighted by Gasteiger charge is -2.28. The zero-order chi connectivity index (χ0) is 30.2. The fourth-order valence-corrected chi connectivity index (χ4v) is 4.43. The minimum atomic E-state index is -0.821. The Kier molecular flexibility index (Phi) is 9.73. The predicted molar refractivity (Wildman–Crippen MR) is 157 cm³/mol. The lowest BCUT2D eigenvalue weighted by Crippen LogP contribution is -2.35. The minimum Gasteiger partial charge on any atom is -0.495 e. The van der Waals surface area contributed by atoms with Gasteiger partial charge in [-0.2, -0.15) is 0 Å². The maximum absolute atomic E-state index is 15.1. The number of halogens is 2. The number of piperidine rings is 1. The predicted octanol–water partition coefficient (Wildman–Crippen LogP) is 4.91. The van der Waals surface area contributed by atoms with Gasteiger partial charge in [-0.3, -0.25) is 14.4 Å². The summed E-state index contributed by atoms with van der Waals surface area (Å²) in [5.41, 5.74) is 0.309. The maximum Gasteiger partial charge on any atom is 0.308 e. The van der Waals surface area contributed by atoms with Crippen molar-refractivity contribution < 1.29 is 28.2 Å². The quantitative estimate of drug-likeness (QED) is 0.165. The summed E-state index contributed by atoms with van der Waals surface area (Å²) < 4.78 is 25.3. The smallest absolute Gasteiger partial charge is 0.308 e. The number of esters is 1. The Labute approximate surface area is 246 Å². The van der Waals surface area contributed by atoms with Gasteiger partial charge in [-0.25, -0.2) is 14.4 Å². The largest absolute Gasteiger partial charge is 0.495 e. The van der Waals surface area contributed by atoms with E-state index in [4.69, 9.17) is 27.5 Å². The number of aromatic nitrogens is 1. The second-order valence-electron chi connectivity index (χ2n) is 9.26. The number of nitrogens with zero attached hydrogens (tertiary/aromatic N) is 3. The molecule has 3 aromatic rings. The molecule has 1 saturated heterocycles. The summed E-state index contributed by atoms with van der Waals surface area (Å²) in [7, 11) is 2.72. The molecule has 0 radical (unpaired) electrons. The van der Waals surface area contributed by atoms with Gasteiger partial charge in [0.15, 0.2) is 0 Å². The first kappa shape index (κ1) is 30.0. The van der Waals surface area contributed by atoms with Gasteiger partial charge in [0, 0.05) is 30.9 Å². The first-order valence-electron chi connectivity index (χ1n) is 12.8. The van der Waals surface area contributed by atoms with Crippen LogP contribution < -0.4 is 15.4 Å². The second-order valence-corrected chi connectivity index (χ2v) is 9.69. The molecule has 12 heteroatoms. The molecule has 42 heavy (non-hydrogen) atoms. The van der Waals surface area contributed by atoms with Gasteiger partial charge in [0.1, 0.15) is 17.4 Å². The Hall–Kier alpha value is -4.95. The number of amides is 2. The van der Waals surface area contributed by atoms with Crippen LogP contribution in [0.4, 0.5) is 21.6 Å². The number of likely N-dealkylation sites (tertiary alicyclic amines) is 1. The van der Waals surface area contributed by atoms with E-state index in [0.717, 1.165) is 6.07 Å². The van der Waals surface area contributed by atoms with Gasteiger partial charge in [0.25, 0.3) is 11.8 Å². The van der Waals surface area contributed by atoms with Crippen LogP contribution in [-0.2, 0) is 9.53 Å². The molecule has 216 valence electrons. The molecule has 0 atom stereocenters. The van der Waals surface area contributed by atoms with Crippen LogP contribution in [0.3, 0.4) is 0 Å². The highest BCUT2D eigenvalue weighted by Crippen LogP contribution is 2.32. The van der Waals surface area contributed by atoms with E-state index in [9.17, 15) is 14.4 Å². The van der Waals surface area contributed by atoms with Gasteiger partial charge in [0.2, 0.25) is 0 Å². The molecule has 2 aromatic carbocycles. The van der Waals surface area contributed by atoms with Gasteiger partial charge in [-0.1, -0.05) is 17.5 Å². The van der Waals surface area contributed by atoms with Gasteiger partial charge in [0.05, 0.1) is 54.0 Å². The first-order chi connectivity index (χ1) is 20.2. The van der Waals surface area contributed by atoms with E-state index in [-0.39, 0.29) is 40.3 Å². The van der Waals surface area contributed by atoms with Crippen molar-refractivity contribution in [2.24, 2.45) is 10.9 Å². The number of methoxy groups -OCH3 is 2. The van der Waals surface area contributed by atoms with E-state index in [1.165, 1.54) is 50.7 Å². The number of pyridine rings is 1. The third kappa shape index (κ3) is 7.21. The number of hydrogen-bond acceptors (Lipinski definition) is 7. The summed E-state index contributed by atoms with van der Waals surface area (Å²) >= 11 is 5.86. The van der Waals surface area contributed by atoms with Gasteiger partial charge >= 0.3 is 5.97 Å². The molecule has 2 N–H and O–H groups in total. The molecule has 1 fully saturated rings. The Morgan fingerprint density at radius 3 is 2.45 bits per heavy atom. The van der Waals surface area contributed by atoms with Crippen LogP contribution in [0.15, 0.2) is 53.7 Å². The molecule has 10 nitrogen and oxygen atoms in total. The van der Waals surface area contributed by atoms with Crippen molar-refractivity contribution in [3.05, 3.63) is 76.2 Å². The summed E-state index contributed by atoms with van der Waals surface area (Å²) in [6, 6.07) is 9.83. The van der Waals surface area contributed by atoms with Crippen LogP contribution in [-0.4, -0.2) is 61.3 Å². The summed E-state index contributed by atoms with van der Waals surface area (Å²) in [6.45, 7) is 1.22. The van der Waals surface area contributed by atoms with Crippen molar-refractivity contribution in [1.82, 2.24) is 9.88 Å². The summed E-state index contributed by atoms with van der Waals surface area (Å²) in [5.74, 6) is 0.104. The molecule has 4 rings (SSSR count). The SMILES string of the molecule is C#Cc1cc(OC)c(NC(=O)c2ccc(N=CN3CCC(C(=O)OC)CC3)cc2F)c(C(=O)Nc2ccc(Cl)cn2)c1. The fourth-order valence-electron chi connectivity index (χ4n) is 4.32. The average Bonchev–Trinajstić information content (AvgIpc) is 3.00. The molecule has 0 unspecified atom stereocenters. The van der Waals surface area contributed by atoms with Crippen molar-refractivity contribution in [3.63, 3.8) is 0 Å². The number of benzene rings is 2. The third-order valence-corrected chi connectivity index (χ3v) is 6.80. The topological polar surface area (TPSA) is 122 Å². The zero-order valence-electron chi connectivity index (χ0n) is 22.8. The van der Waals surface area contributed by atoms with Crippen molar-refractivity contribution in [3.8, 4) is 18.1 Å². The number of anilines is 2. The second kappa shape index (κ2) is 13.6. The molecule has 2 heterocycles. The Morgan fingerprint density at radius 2 is 1.83 bits per heavy atom. The summed E-state index contributed by atoms with van der Waals surface area (Å²) in [5, 5.41) is 5.57. The third-order valence-electron chi connectivity index (χ3n) is 6.57. The van der Waals surface area contributed by atoms with Crippen LogP contribution in [0.25, 0.3) is 0 Å². The number of ether oxygens (including phenoxy) is 2. The van der Waals surface area contributed by atoms with E-state index in [0.29, 0.717) is 42.2 Å². The molecule has 2 amide bonds. The molecule has 1 aromatic heterocycles. The van der Waals surface area contributed by atoms with E-state index in [1.54, 1.807) is 12.4 Å². The van der Waals surface area contributed by atoms with Gasteiger partial charge in [-0.05, 0) is 49.2 Å². The number of carbonyl (C=O) groups excluding carboxylic acids is 3. The minimum absolute atomic E-state index is 0.00943. The van der Waals surface area contributed by atoms with E-state index >= 15 is 4.39 Å². The van der Waals surface area contributed by atoms with Gasteiger partial charge < -0.3 is 25.0 Å². The normalized spacial score (nSPS) is 13.4. The van der Waals surface area contributed by atoms with Crippen molar-refractivity contribution in [2.45, 2.75) is 12.8 Å². The standard InChI is InChI=1S/C30H27ClFN5O5/c1-4-18-13-23(29(39)35-26-8-5-20(31)16-33-26)27(25(14-18)41-2)36-28(38)22-7-6-21(15-24(22)32)34-17-37-11-9-19(10-12-37)30(40)42-3/h1,5-8,13-17,19H,9-12H2,2-3H3,(H,36,38)(H,33,35,39). The van der Waals surface area contributed by atoms with Crippen LogP contribution in [0.2, 0.25) is 5.02 Å². The Bertz CT molecular complexity index is 1560. The number of carbonyl (C=O) groups is 3. The van der Waals surface area contributed by atoms with Crippen molar-refractivity contribution >= 4 is 52.9 Å². The van der Waals surface area contributed by atoms with Crippen molar-refractivity contribution in [1.29, 1.82) is 0 Å². The monoisotopic (exact) mass is 591 g/mol. The van der Waals surface area contributed by atoms with Gasteiger partial charge in [-0.15, -0.1) is 6.42 Å². The Morgan fingerprint density at radius 1 is 1.10 bits per heavy atom. The molecule has 1 aliphatic rings. The maximum atomic E-state index is 15.1. The highest BCUT2D eigenvalue weighted by molar-refractivity contribution is 6.30. The summed E-state index contributed by atoms with van der Waals surface area (Å²) in [4.78, 5) is 48.3. The molecular weight excluding hydrogens is 565 g/mol. The average molecular weight is 592 g/mol. The number of hydrogen-bond donors (Lipinski definition) is 2.